The molecule has 0 aromatic rings. The lowest BCUT2D eigenvalue weighted by molar-refractivity contribution is -0.124. The number of hydrogen-bond acceptors (Lipinski definition) is 3. The molecule has 3 heteroatoms. The highest BCUT2D eigenvalue weighted by molar-refractivity contribution is 4.91. The molecule has 0 spiro atoms. The summed E-state index contributed by atoms with van der Waals surface area (Å²) in [5.74, 6) is 0. The number of hydrogen-bond donors (Lipinski definition) is 1. The zero-order chi connectivity index (χ0) is 9.31. The molecule has 3 nitrogen and oxygen atoms in total. The Hall–Kier alpha value is -0.120. The zero-order valence-corrected chi connectivity index (χ0v) is 8.46. The van der Waals surface area contributed by atoms with Crippen molar-refractivity contribution in [2.45, 2.75) is 25.3 Å². The number of nitrogens with zero attached hydrogens (tertiary/aromatic N) is 1. The van der Waals surface area contributed by atoms with Gasteiger partial charge >= 0.3 is 0 Å². The van der Waals surface area contributed by atoms with E-state index in [0.29, 0.717) is 0 Å². The molecule has 0 unspecified atom stereocenters. The van der Waals surface area contributed by atoms with Gasteiger partial charge in [-0.05, 0) is 19.9 Å². The molecule has 2 aliphatic rings. The van der Waals surface area contributed by atoms with Crippen LogP contribution in [0.1, 0.15) is 19.3 Å². The van der Waals surface area contributed by atoms with Gasteiger partial charge in [-0.25, -0.2) is 0 Å². The summed E-state index contributed by atoms with van der Waals surface area (Å²) in [6.45, 7) is 3.61. The first-order chi connectivity index (χ1) is 6.26. The minimum absolute atomic E-state index is 0.282. The van der Waals surface area contributed by atoms with Crippen molar-refractivity contribution in [2.75, 3.05) is 33.4 Å². The first-order valence-electron chi connectivity index (χ1n) is 5.24. The summed E-state index contributed by atoms with van der Waals surface area (Å²) < 4.78 is 5.25. The molecule has 13 heavy (non-hydrogen) atoms. The molecule has 76 valence electrons. The van der Waals surface area contributed by atoms with Crippen LogP contribution in [0.15, 0.2) is 0 Å². The van der Waals surface area contributed by atoms with Crippen molar-refractivity contribution in [3.05, 3.63) is 0 Å². The monoisotopic (exact) mass is 184 g/mol. The number of rotatable bonds is 4. The Balaban J connectivity index is 1.81. The van der Waals surface area contributed by atoms with Gasteiger partial charge in [0.2, 0.25) is 0 Å². The largest absolute Gasteiger partial charge is 0.380 e. The van der Waals surface area contributed by atoms with E-state index in [2.05, 4.69) is 11.9 Å². The summed E-state index contributed by atoms with van der Waals surface area (Å²) in [5.41, 5.74) is 6.05. The Bertz CT molecular complexity index is 170. The molecule has 0 bridgehead atoms. The van der Waals surface area contributed by atoms with Crippen LogP contribution in [0.5, 0.6) is 0 Å². The molecule has 0 radical (unpaired) electrons. The Morgan fingerprint density at radius 3 is 2.46 bits per heavy atom. The van der Waals surface area contributed by atoms with E-state index in [9.17, 15) is 0 Å². The lowest BCUT2D eigenvalue weighted by Crippen LogP contribution is -2.56. The molecule has 2 fully saturated rings. The average Bonchev–Trinajstić information content (AvgIpc) is 1.93. The van der Waals surface area contributed by atoms with Gasteiger partial charge in [0.25, 0.3) is 0 Å². The Morgan fingerprint density at radius 1 is 1.46 bits per heavy atom. The van der Waals surface area contributed by atoms with Gasteiger partial charge in [-0.15, -0.1) is 0 Å². The third-order valence-corrected chi connectivity index (χ3v) is 3.53. The second kappa shape index (κ2) is 3.56. The van der Waals surface area contributed by atoms with Crippen LogP contribution < -0.4 is 5.73 Å². The van der Waals surface area contributed by atoms with E-state index >= 15 is 0 Å². The van der Waals surface area contributed by atoms with Crippen LogP contribution in [0.3, 0.4) is 0 Å². The molecule has 2 rings (SSSR count). The SMILES string of the molecule is CN(CC1(CN)COC1)C1CCC1. The molecule has 0 aromatic carbocycles. The van der Waals surface area contributed by atoms with Crippen LogP contribution in [0.2, 0.25) is 0 Å². The molecule has 0 amide bonds. The van der Waals surface area contributed by atoms with E-state index in [1.807, 2.05) is 0 Å². The van der Waals surface area contributed by atoms with Gasteiger partial charge in [0.15, 0.2) is 0 Å². The fourth-order valence-corrected chi connectivity index (χ4v) is 2.15. The van der Waals surface area contributed by atoms with Crippen LogP contribution in [-0.4, -0.2) is 44.3 Å². The molecule has 0 aromatic heterocycles. The van der Waals surface area contributed by atoms with Crippen LogP contribution in [0.4, 0.5) is 0 Å². The molecule has 0 atom stereocenters. The molecule has 1 aliphatic heterocycles. The lowest BCUT2D eigenvalue weighted by Gasteiger charge is -2.46. The Labute approximate surface area is 80.2 Å². The lowest BCUT2D eigenvalue weighted by atomic mass is 9.83. The molecule has 1 saturated heterocycles. The predicted molar refractivity (Wildman–Crippen MR) is 52.6 cm³/mol. The van der Waals surface area contributed by atoms with Crippen molar-refractivity contribution in [1.82, 2.24) is 4.90 Å². The highest BCUT2D eigenvalue weighted by Crippen LogP contribution is 2.31. The maximum Gasteiger partial charge on any atom is 0.0569 e. The average molecular weight is 184 g/mol. The van der Waals surface area contributed by atoms with E-state index in [4.69, 9.17) is 10.5 Å². The Morgan fingerprint density at radius 2 is 2.15 bits per heavy atom. The van der Waals surface area contributed by atoms with Crippen LogP contribution in [0.25, 0.3) is 0 Å². The van der Waals surface area contributed by atoms with Crippen molar-refractivity contribution < 1.29 is 4.74 Å². The van der Waals surface area contributed by atoms with Gasteiger partial charge in [-0.2, -0.15) is 0 Å². The van der Waals surface area contributed by atoms with Gasteiger partial charge in [0.05, 0.1) is 13.2 Å². The maximum atomic E-state index is 5.77. The third kappa shape index (κ3) is 1.73. The standard InChI is InChI=1S/C10H20N2O/c1-12(9-3-2-4-9)6-10(5-11)7-13-8-10/h9H,2-8,11H2,1H3. The van der Waals surface area contributed by atoms with E-state index < -0.39 is 0 Å². The smallest absolute Gasteiger partial charge is 0.0569 e. The summed E-state index contributed by atoms with van der Waals surface area (Å²) in [6.07, 6.45) is 4.15. The van der Waals surface area contributed by atoms with E-state index in [1.54, 1.807) is 0 Å². The minimum Gasteiger partial charge on any atom is -0.380 e. The first-order valence-corrected chi connectivity index (χ1v) is 5.24. The highest BCUT2D eigenvalue weighted by atomic mass is 16.5. The van der Waals surface area contributed by atoms with Crippen molar-refractivity contribution >= 4 is 0 Å². The van der Waals surface area contributed by atoms with E-state index in [0.717, 1.165) is 32.3 Å². The number of nitrogens with two attached hydrogens (primary N) is 1. The fourth-order valence-electron chi connectivity index (χ4n) is 2.15. The van der Waals surface area contributed by atoms with Gasteiger partial charge < -0.3 is 15.4 Å². The zero-order valence-electron chi connectivity index (χ0n) is 8.46. The topological polar surface area (TPSA) is 38.5 Å². The quantitative estimate of drug-likeness (QED) is 0.689. The summed E-state index contributed by atoms with van der Waals surface area (Å²) in [5, 5.41) is 0. The summed E-state index contributed by atoms with van der Waals surface area (Å²) in [4.78, 5) is 2.47. The molecule has 1 heterocycles. The second-order valence-corrected chi connectivity index (χ2v) is 4.70. The first kappa shape index (κ1) is 9.44. The van der Waals surface area contributed by atoms with Crippen LogP contribution in [0, 0.1) is 5.41 Å². The van der Waals surface area contributed by atoms with Crippen LogP contribution in [-0.2, 0) is 4.74 Å². The van der Waals surface area contributed by atoms with Crippen molar-refractivity contribution in [3.63, 3.8) is 0 Å². The molecular formula is C10H20N2O. The van der Waals surface area contributed by atoms with Gasteiger partial charge in [0, 0.05) is 24.5 Å². The summed E-state index contributed by atoms with van der Waals surface area (Å²) in [6, 6.07) is 0.823. The highest BCUT2D eigenvalue weighted by Gasteiger charge is 2.39. The normalized spacial score (nSPS) is 27.0. The second-order valence-electron chi connectivity index (χ2n) is 4.70. The van der Waals surface area contributed by atoms with Crippen molar-refractivity contribution in [1.29, 1.82) is 0 Å². The van der Waals surface area contributed by atoms with Gasteiger partial charge in [-0.3, -0.25) is 0 Å². The predicted octanol–water partition coefficient (Wildman–Crippen LogP) is 0.446. The fraction of sp³-hybridized carbons (Fsp3) is 1.00. The minimum atomic E-state index is 0.282. The Kier molecular flexibility index (Phi) is 2.58. The van der Waals surface area contributed by atoms with E-state index in [1.165, 1.54) is 19.3 Å². The van der Waals surface area contributed by atoms with E-state index in [-0.39, 0.29) is 5.41 Å². The van der Waals surface area contributed by atoms with Crippen molar-refractivity contribution in [2.24, 2.45) is 11.1 Å². The third-order valence-electron chi connectivity index (χ3n) is 3.53. The summed E-state index contributed by atoms with van der Waals surface area (Å²) >= 11 is 0. The molecular weight excluding hydrogens is 164 g/mol. The molecule has 1 aliphatic carbocycles. The number of ether oxygens (including phenoxy) is 1. The molecule has 2 N–H and O–H groups in total. The van der Waals surface area contributed by atoms with Gasteiger partial charge in [0.1, 0.15) is 0 Å². The maximum absolute atomic E-state index is 5.77. The summed E-state index contributed by atoms with van der Waals surface area (Å²) in [7, 11) is 2.22. The molecule has 1 saturated carbocycles. The van der Waals surface area contributed by atoms with Crippen molar-refractivity contribution in [3.8, 4) is 0 Å². The van der Waals surface area contributed by atoms with Gasteiger partial charge in [-0.1, -0.05) is 6.42 Å². The van der Waals surface area contributed by atoms with Crippen LogP contribution >= 0.6 is 0 Å².